The van der Waals surface area contributed by atoms with Crippen molar-refractivity contribution in [3.8, 4) is 11.5 Å². The largest absolute Gasteiger partial charge is 0.493 e. The molecule has 158 valence electrons. The van der Waals surface area contributed by atoms with Crippen LogP contribution in [0.5, 0.6) is 11.5 Å². The van der Waals surface area contributed by atoms with Gasteiger partial charge in [0.15, 0.2) is 16.4 Å². The van der Waals surface area contributed by atoms with E-state index in [1.54, 1.807) is 24.0 Å². The molecule has 0 aliphatic carbocycles. The van der Waals surface area contributed by atoms with Crippen molar-refractivity contribution in [2.24, 2.45) is 0 Å². The van der Waals surface area contributed by atoms with Crippen molar-refractivity contribution < 1.29 is 22.7 Å². The van der Waals surface area contributed by atoms with E-state index in [9.17, 15) is 13.2 Å². The Labute approximate surface area is 176 Å². The molecular weight excluding hydrogens is 404 g/mol. The number of anilines is 1. The Bertz CT molecular complexity index is 1170. The number of allylic oxidation sites excluding steroid dienone is 1. The fourth-order valence-corrected chi connectivity index (χ4v) is 5.63. The van der Waals surface area contributed by atoms with E-state index >= 15 is 0 Å². The summed E-state index contributed by atoms with van der Waals surface area (Å²) in [5, 5.41) is 0. The number of amides is 1. The highest BCUT2D eigenvalue weighted by atomic mass is 32.2. The van der Waals surface area contributed by atoms with Crippen LogP contribution in [-0.4, -0.2) is 47.0 Å². The molecular formula is C22H24N2O5S. The Morgan fingerprint density at radius 1 is 1.03 bits per heavy atom. The van der Waals surface area contributed by atoms with Crippen LogP contribution in [0.25, 0.3) is 5.57 Å². The van der Waals surface area contributed by atoms with Crippen molar-refractivity contribution in [2.45, 2.75) is 19.9 Å². The maximum atomic E-state index is 13.4. The second kappa shape index (κ2) is 7.36. The fraction of sp³-hybridized carbons (Fsp3) is 0.318. The summed E-state index contributed by atoms with van der Waals surface area (Å²) in [4.78, 5) is 14.8. The van der Waals surface area contributed by atoms with Crippen molar-refractivity contribution in [3.05, 3.63) is 58.0 Å². The van der Waals surface area contributed by atoms with Gasteiger partial charge < -0.3 is 14.4 Å². The molecule has 1 amide bonds. The minimum absolute atomic E-state index is 0.191. The van der Waals surface area contributed by atoms with Gasteiger partial charge in [-0.25, -0.2) is 8.42 Å². The van der Waals surface area contributed by atoms with E-state index in [-0.39, 0.29) is 4.91 Å². The number of nitrogens with zero attached hydrogens (tertiary/aromatic N) is 2. The Hall–Kier alpha value is -3.00. The molecule has 2 aromatic rings. The zero-order chi connectivity index (χ0) is 21.6. The zero-order valence-corrected chi connectivity index (χ0v) is 18.2. The van der Waals surface area contributed by atoms with E-state index in [1.165, 1.54) is 26.8 Å². The number of methoxy groups -OCH3 is 2. The molecule has 2 aromatic carbocycles. The normalized spacial score (nSPS) is 17.3. The summed E-state index contributed by atoms with van der Waals surface area (Å²) in [5.74, 6) is 0.421. The molecule has 2 aliphatic heterocycles. The number of hydrogen-bond donors (Lipinski definition) is 0. The second-order valence-electron chi connectivity index (χ2n) is 7.40. The Morgan fingerprint density at radius 3 is 2.33 bits per heavy atom. The van der Waals surface area contributed by atoms with Crippen LogP contribution in [0, 0.1) is 0 Å². The third-order valence-electron chi connectivity index (χ3n) is 5.82. The SMILES string of the molecule is COc1cc2c(cc1OC)N(C)S(=O)(=O)C(C(=O)N1CCc3ccccc3C1)=C2C. The van der Waals surface area contributed by atoms with Gasteiger partial charge in [0, 0.05) is 31.8 Å². The predicted molar refractivity (Wildman–Crippen MR) is 115 cm³/mol. The van der Waals surface area contributed by atoms with Crippen LogP contribution < -0.4 is 13.8 Å². The molecule has 0 spiro atoms. The molecule has 8 heteroatoms. The lowest BCUT2D eigenvalue weighted by Crippen LogP contribution is -2.43. The lowest BCUT2D eigenvalue weighted by Gasteiger charge is -2.34. The maximum Gasteiger partial charge on any atom is 0.269 e. The summed E-state index contributed by atoms with van der Waals surface area (Å²) in [6.07, 6.45) is 0.700. The van der Waals surface area contributed by atoms with E-state index in [0.29, 0.717) is 47.8 Å². The number of carbonyl (C=O) groups is 1. The van der Waals surface area contributed by atoms with Gasteiger partial charge >= 0.3 is 0 Å². The van der Waals surface area contributed by atoms with E-state index < -0.39 is 15.9 Å². The average molecular weight is 429 g/mol. The molecule has 0 unspecified atom stereocenters. The third kappa shape index (κ3) is 3.02. The van der Waals surface area contributed by atoms with Crippen molar-refractivity contribution in [2.75, 3.05) is 32.1 Å². The molecule has 2 heterocycles. The molecule has 0 bridgehead atoms. The number of benzene rings is 2. The molecule has 2 aliphatic rings. The average Bonchev–Trinajstić information content (AvgIpc) is 2.76. The first kappa shape index (κ1) is 20.3. The standard InChI is InChI=1S/C22H24N2O5S/c1-14-17-11-19(28-3)20(29-4)12-18(17)23(2)30(26,27)21(14)22(25)24-10-9-15-7-5-6-8-16(15)13-24/h5-8,11-12H,9-10,13H2,1-4H3. The van der Waals surface area contributed by atoms with Crippen LogP contribution in [0.1, 0.15) is 23.6 Å². The highest BCUT2D eigenvalue weighted by Gasteiger charge is 2.40. The monoisotopic (exact) mass is 428 g/mol. The Balaban J connectivity index is 1.82. The molecule has 0 radical (unpaired) electrons. The first-order valence-electron chi connectivity index (χ1n) is 9.61. The van der Waals surface area contributed by atoms with Crippen LogP contribution in [0.4, 0.5) is 5.69 Å². The van der Waals surface area contributed by atoms with Gasteiger partial charge in [0.2, 0.25) is 0 Å². The highest BCUT2D eigenvalue weighted by Crippen LogP contribution is 2.44. The van der Waals surface area contributed by atoms with E-state index in [1.807, 2.05) is 24.3 Å². The smallest absolute Gasteiger partial charge is 0.269 e. The van der Waals surface area contributed by atoms with Gasteiger partial charge in [-0.15, -0.1) is 0 Å². The lowest BCUT2D eigenvalue weighted by molar-refractivity contribution is -0.127. The molecule has 0 aromatic heterocycles. The number of ether oxygens (including phenoxy) is 2. The predicted octanol–water partition coefficient (Wildman–Crippen LogP) is 2.80. The lowest BCUT2D eigenvalue weighted by atomic mass is 9.99. The van der Waals surface area contributed by atoms with Crippen LogP contribution >= 0.6 is 0 Å². The zero-order valence-electron chi connectivity index (χ0n) is 17.4. The summed E-state index contributed by atoms with van der Waals surface area (Å²) in [5.41, 5.74) is 3.73. The van der Waals surface area contributed by atoms with Crippen LogP contribution in [-0.2, 0) is 27.8 Å². The van der Waals surface area contributed by atoms with Gasteiger partial charge in [0.25, 0.3) is 15.9 Å². The first-order chi connectivity index (χ1) is 14.3. The van der Waals surface area contributed by atoms with E-state index in [4.69, 9.17) is 9.47 Å². The van der Waals surface area contributed by atoms with Gasteiger partial charge in [-0.3, -0.25) is 9.10 Å². The molecule has 30 heavy (non-hydrogen) atoms. The molecule has 4 rings (SSSR count). The molecule has 0 saturated carbocycles. The summed E-state index contributed by atoms with van der Waals surface area (Å²) >= 11 is 0. The number of carbonyl (C=O) groups excluding carboxylic acids is 1. The summed E-state index contributed by atoms with van der Waals surface area (Å²) in [7, 11) is 0.451. The van der Waals surface area contributed by atoms with E-state index in [2.05, 4.69) is 0 Å². The van der Waals surface area contributed by atoms with Crippen molar-refractivity contribution in [1.29, 1.82) is 0 Å². The molecule has 7 nitrogen and oxygen atoms in total. The van der Waals surface area contributed by atoms with Crippen molar-refractivity contribution in [1.82, 2.24) is 4.90 Å². The Kier molecular flexibility index (Phi) is 4.97. The van der Waals surface area contributed by atoms with Gasteiger partial charge in [-0.2, -0.15) is 0 Å². The summed E-state index contributed by atoms with van der Waals surface area (Å²) in [6, 6.07) is 11.3. The quantitative estimate of drug-likeness (QED) is 0.752. The van der Waals surface area contributed by atoms with Gasteiger partial charge in [-0.1, -0.05) is 24.3 Å². The number of fused-ring (bicyclic) bond motifs is 2. The van der Waals surface area contributed by atoms with Crippen LogP contribution in [0.3, 0.4) is 0 Å². The van der Waals surface area contributed by atoms with Crippen molar-refractivity contribution >= 4 is 27.2 Å². The van der Waals surface area contributed by atoms with Crippen LogP contribution in [0.2, 0.25) is 0 Å². The fourth-order valence-electron chi connectivity index (χ4n) is 4.09. The van der Waals surface area contributed by atoms with Crippen LogP contribution in [0.15, 0.2) is 41.3 Å². The van der Waals surface area contributed by atoms with E-state index in [0.717, 1.165) is 9.87 Å². The van der Waals surface area contributed by atoms with Gasteiger partial charge in [0.1, 0.15) is 0 Å². The summed E-state index contributed by atoms with van der Waals surface area (Å²) < 4.78 is 38.5. The van der Waals surface area contributed by atoms with Gasteiger partial charge in [-0.05, 0) is 36.1 Å². The van der Waals surface area contributed by atoms with Gasteiger partial charge in [0.05, 0.1) is 19.9 Å². The topological polar surface area (TPSA) is 76.1 Å². The highest BCUT2D eigenvalue weighted by molar-refractivity contribution is 7.97. The minimum Gasteiger partial charge on any atom is -0.493 e. The Morgan fingerprint density at radius 2 is 1.67 bits per heavy atom. The molecule has 0 fully saturated rings. The molecule has 0 saturated heterocycles. The number of rotatable bonds is 3. The van der Waals surface area contributed by atoms with Crippen molar-refractivity contribution in [3.63, 3.8) is 0 Å². The molecule has 0 atom stereocenters. The first-order valence-corrected chi connectivity index (χ1v) is 11.1. The molecule has 0 N–H and O–H groups in total. The number of sulfonamides is 1. The second-order valence-corrected chi connectivity index (χ2v) is 9.30. The summed E-state index contributed by atoms with van der Waals surface area (Å²) in [6.45, 7) is 2.54. The third-order valence-corrected chi connectivity index (χ3v) is 7.73. The minimum atomic E-state index is -4.01. The number of hydrogen-bond acceptors (Lipinski definition) is 5. The maximum absolute atomic E-state index is 13.4.